The van der Waals surface area contributed by atoms with E-state index in [2.05, 4.69) is 17.6 Å². The molecule has 0 radical (unpaired) electrons. The molecule has 13 heteroatoms. The average Bonchev–Trinajstić information content (AvgIpc) is 3.91. The molecule has 3 aliphatic heterocycles. The monoisotopic (exact) mass is 644 g/mol. The number of imide groups is 2. The summed E-state index contributed by atoms with van der Waals surface area (Å²) < 4.78 is 28.2. The first-order valence-corrected chi connectivity index (χ1v) is 15.8. The van der Waals surface area contributed by atoms with Gasteiger partial charge in [-0.05, 0) is 32.6 Å². The number of rotatable bonds is 12. The molecule has 0 bridgehead atoms. The molecule has 0 saturated carbocycles. The van der Waals surface area contributed by atoms with E-state index in [1.54, 1.807) is 19.1 Å². The van der Waals surface area contributed by atoms with Crippen LogP contribution in [0, 0.1) is 0 Å². The molecular weight excluding hydrogens is 600 g/mol. The number of epoxide rings is 2. The Bertz CT molecular complexity index is 1240. The Morgan fingerprint density at radius 1 is 1.00 bits per heavy atom. The van der Waals surface area contributed by atoms with E-state index in [0.717, 1.165) is 51.2 Å². The van der Waals surface area contributed by atoms with Crippen molar-refractivity contribution in [2.45, 2.75) is 115 Å². The molecule has 46 heavy (non-hydrogen) atoms. The van der Waals surface area contributed by atoms with Crippen LogP contribution >= 0.6 is 0 Å². The number of carbonyl (C=O) groups is 6. The van der Waals surface area contributed by atoms with E-state index >= 15 is 0 Å². The first-order chi connectivity index (χ1) is 22.1. The van der Waals surface area contributed by atoms with Crippen molar-refractivity contribution >= 4 is 35.8 Å². The van der Waals surface area contributed by atoms with Crippen molar-refractivity contribution in [2.24, 2.45) is 0 Å². The van der Waals surface area contributed by atoms with Gasteiger partial charge in [-0.3, -0.25) is 29.8 Å². The summed E-state index contributed by atoms with van der Waals surface area (Å²) in [6.07, 6.45) is 10.9. The molecule has 0 spiro atoms. The predicted octanol–water partition coefficient (Wildman–Crippen LogP) is 3.42. The molecule has 2 N–H and O–H groups in total. The Kier molecular flexibility index (Phi) is 14.8. The highest BCUT2D eigenvalue weighted by molar-refractivity contribution is 6.05. The van der Waals surface area contributed by atoms with Crippen molar-refractivity contribution in [3.05, 3.63) is 48.1 Å². The molecule has 0 unspecified atom stereocenters. The van der Waals surface area contributed by atoms with Crippen molar-refractivity contribution in [2.75, 3.05) is 6.61 Å². The molecule has 6 atom stereocenters. The van der Waals surface area contributed by atoms with Gasteiger partial charge in [0.15, 0.2) is 12.2 Å². The number of carbonyl (C=O) groups excluding carboxylic acids is 6. The van der Waals surface area contributed by atoms with Gasteiger partial charge in [-0.1, -0.05) is 62.5 Å². The summed E-state index contributed by atoms with van der Waals surface area (Å²) in [5, 5.41) is 4.25. The molecule has 3 heterocycles. The number of unbranched alkanes of at least 4 members (excludes halogenated alkanes) is 4. The number of allylic oxidation sites excluding steroid dienone is 3. The van der Waals surface area contributed by atoms with E-state index in [9.17, 15) is 28.8 Å². The van der Waals surface area contributed by atoms with Gasteiger partial charge in [-0.25, -0.2) is 9.59 Å². The number of hydrogen-bond donors (Lipinski definition) is 2. The van der Waals surface area contributed by atoms with Gasteiger partial charge in [0.05, 0.1) is 12.7 Å². The Hall–Kier alpha value is -4.10. The number of esters is 2. The van der Waals surface area contributed by atoms with E-state index in [4.69, 9.17) is 23.7 Å². The molecule has 13 nitrogen and oxygen atoms in total. The summed E-state index contributed by atoms with van der Waals surface area (Å²) >= 11 is 0. The number of alkyl carbamates (subject to hydrolysis) is 1. The summed E-state index contributed by atoms with van der Waals surface area (Å²) in [5.41, 5.74) is 0.691. The maximum atomic E-state index is 12.8. The molecule has 0 aromatic carbocycles. The third-order valence-electron chi connectivity index (χ3n) is 7.32. The van der Waals surface area contributed by atoms with Gasteiger partial charge in [-0.2, -0.15) is 0 Å². The van der Waals surface area contributed by atoms with E-state index in [1.165, 1.54) is 18.2 Å². The highest BCUT2D eigenvalue weighted by Crippen LogP contribution is 2.39. The molecule has 4 amide bonds. The van der Waals surface area contributed by atoms with Crippen LogP contribution in [0.4, 0.5) is 4.79 Å². The molecule has 3 aliphatic rings. The Morgan fingerprint density at radius 3 is 2.52 bits per heavy atom. The zero-order valence-corrected chi connectivity index (χ0v) is 26.6. The first kappa shape index (κ1) is 36.4. The van der Waals surface area contributed by atoms with E-state index < -0.39 is 66.4 Å². The molecule has 0 aliphatic carbocycles. The lowest BCUT2D eigenvalue weighted by Crippen LogP contribution is -2.46. The lowest BCUT2D eigenvalue weighted by Gasteiger charge is -2.24. The lowest BCUT2D eigenvalue weighted by molar-refractivity contribution is -0.152. The number of hydrogen-bond acceptors (Lipinski definition) is 11. The topological polar surface area (TPSA) is 179 Å². The van der Waals surface area contributed by atoms with Crippen LogP contribution in [0.3, 0.4) is 0 Å². The normalized spacial score (nSPS) is 29.2. The molecule has 0 aromatic heterocycles. The van der Waals surface area contributed by atoms with Crippen LogP contribution in [0.15, 0.2) is 48.1 Å². The van der Waals surface area contributed by atoms with Crippen molar-refractivity contribution in [3.8, 4) is 0 Å². The van der Waals surface area contributed by atoms with Crippen LogP contribution in [-0.4, -0.2) is 79.0 Å². The molecule has 2 saturated heterocycles. The Morgan fingerprint density at radius 2 is 1.76 bits per heavy atom. The maximum Gasteiger partial charge on any atom is 0.414 e. The fraction of sp³-hybridized carbons (Fsp3) is 0.576. The minimum Gasteiger partial charge on any atom is -0.465 e. The number of fused-ring (bicyclic) bond motifs is 1. The number of amides is 4. The van der Waals surface area contributed by atoms with Gasteiger partial charge < -0.3 is 23.7 Å². The second-order valence-electron chi connectivity index (χ2n) is 11.4. The minimum atomic E-state index is -1.14. The number of cyclic esters (lactones) is 1. The van der Waals surface area contributed by atoms with Crippen molar-refractivity contribution in [1.29, 1.82) is 0 Å². The predicted molar refractivity (Wildman–Crippen MR) is 164 cm³/mol. The summed E-state index contributed by atoms with van der Waals surface area (Å²) in [5.74, 6) is -2.94. The average molecular weight is 645 g/mol. The van der Waals surface area contributed by atoms with Crippen LogP contribution in [0.2, 0.25) is 0 Å². The highest BCUT2D eigenvalue weighted by Gasteiger charge is 2.58. The van der Waals surface area contributed by atoms with Gasteiger partial charge in [0, 0.05) is 31.6 Å². The van der Waals surface area contributed by atoms with Gasteiger partial charge >= 0.3 is 18.0 Å². The largest absolute Gasteiger partial charge is 0.465 e. The van der Waals surface area contributed by atoms with Crippen LogP contribution < -0.4 is 10.6 Å². The van der Waals surface area contributed by atoms with Crippen LogP contribution in [-0.2, 0) is 47.7 Å². The fourth-order valence-electron chi connectivity index (χ4n) is 4.90. The Labute approximate surface area is 268 Å². The summed E-state index contributed by atoms with van der Waals surface area (Å²) in [6.45, 7) is 5.24. The molecule has 0 aromatic rings. The van der Waals surface area contributed by atoms with Gasteiger partial charge in [-0.15, -0.1) is 0 Å². The second kappa shape index (κ2) is 18.8. The second-order valence-corrected chi connectivity index (χ2v) is 11.4. The molecule has 2 fully saturated rings. The summed E-state index contributed by atoms with van der Waals surface area (Å²) in [6, 6.07) is 0. The highest BCUT2D eigenvalue weighted by atomic mass is 16.7. The van der Waals surface area contributed by atoms with Crippen molar-refractivity contribution < 1.29 is 52.5 Å². The third kappa shape index (κ3) is 13.5. The molecule has 3 rings (SSSR count). The number of ether oxygens (including phenoxy) is 5. The minimum absolute atomic E-state index is 0.213. The van der Waals surface area contributed by atoms with Crippen LogP contribution in [0.25, 0.3) is 0 Å². The number of nitrogens with one attached hydrogen (secondary N) is 2. The van der Waals surface area contributed by atoms with Crippen LogP contribution in [0.5, 0.6) is 0 Å². The maximum absolute atomic E-state index is 12.8. The lowest BCUT2D eigenvalue weighted by atomic mass is 10.00. The van der Waals surface area contributed by atoms with E-state index in [1.807, 2.05) is 0 Å². The third-order valence-corrected chi connectivity index (χ3v) is 7.32. The molecule has 252 valence electrons. The first-order valence-electron chi connectivity index (χ1n) is 15.8. The molecular formula is C33H44N2O11. The smallest absolute Gasteiger partial charge is 0.414 e. The van der Waals surface area contributed by atoms with Crippen molar-refractivity contribution in [1.82, 2.24) is 10.6 Å². The van der Waals surface area contributed by atoms with Gasteiger partial charge in [0.1, 0.15) is 18.3 Å². The van der Waals surface area contributed by atoms with Gasteiger partial charge in [0.2, 0.25) is 5.91 Å². The van der Waals surface area contributed by atoms with E-state index in [-0.39, 0.29) is 12.6 Å². The summed E-state index contributed by atoms with van der Waals surface area (Å²) in [4.78, 5) is 72.9. The van der Waals surface area contributed by atoms with E-state index in [0.29, 0.717) is 31.3 Å². The standard InChI is InChI=1S/C33H44N2O11/c1-4-5-6-7-8-15-27(39)42-19-12-11-13-23-29(43-23)31-32(46-33(41)34-22(3)36)30-24(44-30)18-17-21(2)20-26(38)35-25(37)14-9-10-16-28(40)45-31/h9-11,13-14,16,20,23-24,29-32H,4-8,12,15,17-19H2,1-3H3,(H,34,36,41)(H,35,37,38)/b13-11+,14-9-,16-10-,21-20-/t23-,24-,29-,30-,31-,32-/m1/s1. The fourth-order valence-corrected chi connectivity index (χ4v) is 4.90. The van der Waals surface area contributed by atoms with Gasteiger partial charge in [0.25, 0.3) is 11.8 Å². The quantitative estimate of drug-likeness (QED) is 0.0794. The summed E-state index contributed by atoms with van der Waals surface area (Å²) in [7, 11) is 0. The van der Waals surface area contributed by atoms with Crippen molar-refractivity contribution in [3.63, 3.8) is 0 Å². The van der Waals surface area contributed by atoms with Crippen LogP contribution in [0.1, 0.15) is 78.6 Å². The SMILES string of the molecule is CCCCCCCC(=O)OCC/C=C/[C@H]1O[C@H]1[C@H]1OC(=O)/C=C\C=C/C(=O)NC(=O)/C=C(/C)CC[C@H]2O[C@H]2[C@H]1OC(=O)NC(C)=O. The zero-order chi connectivity index (χ0) is 33.5. The zero-order valence-electron chi connectivity index (χ0n) is 26.6. The Balaban J connectivity index is 1.68.